The van der Waals surface area contributed by atoms with E-state index >= 15 is 0 Å². The van der Waals surface area contributed by atoms with Crippen LogP contribution >= 0.6 is 11.8 Å². The Morgan fingerprint density at radius 3 is 2.54 bits per heavy atom. The van der Waals surface area contributed by atoms with Gasteiger partial charge in [-0.15, -0.1) is 16.9 Å². The van der Waals surface area contributed by atoms with Gasteiger partial charge in [0.25, 0.3) is 0 Å². The highest BCUT2D eigenvalue weighted by Gasteiger charge is 2.41. The molecule has 2 atom stereocenters. The number of hydrogen-bond donors (Lipinski definition) is 1. The van der Waals surface area contributed by atoms with Gasteiger partial charge in [-0.2, -0.15) is 0 Å². The molecule has 11 heteroatoms. The molecule has 1 aromatic heterocycles. The SMILES string of the molecule is COC(=O)c1nnn([C@H]2C[C@@H](C(=O)Nc3cccc(SC)c3)N(Cc3cccc(C)c3)C2)c1C(=O)OC. The summed E-state index contributed by atoms with van der Waals surface area (Å²) in [5.74, 6) is -1.71. The third-order valence-electron chi connectivity index (χ3n) is 6.29. The fourth-order valence-electron chi connectivity index (χ4n) is 4.55. The number of esters is 2. The van der Waals surface area contributed by atoms with Gasteiger partial charge in [0.2, 0.25) is 11.6 Å². The minimum Gasteiger partial charge on any atom is -0.464 e. The molecule has 0 spiro atoms. The first kappa shape index (κ1) is 26.4. The predicted molar refractivity (Wildman–Crippen MR) is 139 cm³/mol. The van der Waals surface area contributed by atoms with Crippen molar-refractivity contribution in [2.75, 3.05) is 32.3 Å². The zero-order valence-electron chi connectivity index (χ0n) is 21.1. The van der Waals surface area contributed by atoms with Crippen molar-refractivity contribution in [3.8, 4) is 0 Å². The van der Waals surface area contributed by atoms with E-state index in [0.29, 0.717) is 25.2 Å². The third-order valence-corrected chi connectivity index (χ3v) is 7.01. The first-order valence-corrected chi connectivity index (χ1v) is 12.9. The Hall–Kier alpha value is -3.70. The fourth-order valence-corrected chi connectivity index (χ4v) is 5.01. The summed E-state index contributed by atoms with van der Waals surface area (Å²) >= 11 is 1.59. The van der Waals surface area contributed by atoms with Gasteiger partial charge in [0.1, 0.15) is 0 Å². The number of anilines is 1. The van der Waals surface area contributed by atoms with Crippen LogP contribution in [0.4, 0.5) is 5.69 Å². The van der Waals surface area contributed by atoms with E-state index in [2.05, 4.69) is 21.7 Å². The van der Waals surface area contributed by atoms with Crippen molar-refractivity contribution in [2.24, 2.45) is 0 Å². The van der Waals surface area contributed by atoms with Crippen molar-refractivity contribution in [1.82, 2.24) is 19.9 Å². The van der Waals surface area contributed by atoms with Crippen LogP contribution in [0.25, 0.3) is 0 Å². The minimum atomic E-state index is -0.788. The maximum absolute atomic E-state index is 13.5. The molecule has 2 aromatic carbocycles. The number of benzene rings is 2. The van der Waals surface area contributed by atoms with E-state index in [-0.39, 0.29) is 17.3 Å². The van der Waals surface area contributed by atoms with Crippen molar-refractivity contribution in [3.05, 3.63) is 71.0 Å². The number of carbonyl (C=O) groups excluding carboxylic acids is 3. The van der Waals surface area contributed by atoms with Crippen LogP contribution in [0.2, 0.25) is 0 Å². The predicted octanol–water partition coefficient (Wildman–Crippen LogP) is 3.34. The Bertz CT molecular complexity index is 1310. The lowest BCUT2D eigenvalue weighted by Gasteiger charge is -2.23. The number of rotatable bonds is 8. The highest BCUT2D eigenvalue weighted by molar-refractivity contribution is 7.98. The molecule has 1 saturated heterocycles. The highest BCUT2D eigenvalue weighted by Crippen LogP contribution is 2.31. The van der Waals surface area contributed by atoms with E-state index in [1.807, 2.05) is 60.5 Å². The molecule has 0 aliphatic carbocycles. The number of hydrogen-bond acceptors (Lipinski definition) is 9. The summed E-state index contributed by atoms with van der Waals surface area (Å²) in [5.41, 5.74) is 2.57. The Labute approximate surface area is 219 Å². The molecule has 37 heavy (non-hydrogen) atoms. The summed E-state index contributed by atoms with van der Waals surface area (Å²) in [6.45, 7) is 2.95. The van der Waals surface area contributed by atoms with Gasteiger partial charge in [-0.3, -0.25) is 9.69 Å². The van der Waals surface area contributed by atoms with Crippen molar-refractivity contribution >= 4 is 35.3 Å². The molecule has 1 N–H and O–H groups in total. The number of nitrogens with zero attached hydrogens (tertiary/aromatic N) is 4. The molecule has 0 radical (unpaired) electrons. The van der Waals surface area contributed by atoms with E-state index in [1.54, 1.807) is 11.8 Å². The van der Waals surface area contributed by atoms with Crippen molar-refractivity contribution in [3.63, 3.8) is 0 Å². The first-order chi connectivity index (χ1) is 17.8. The maximum Gasteiger partial charge on any atom is 0.361 e. The lowest BCUT2D eigenvalue weighted by atomic mass is 10.1. The second-order valence-electron chi connectivity index (χ2n) is 8.76. The summed E-state index contributed by atoms with van der Waals surface area (Å²) in [7, 11) is 2.42. The summed E-state index contributed by atoms with van der Waals surface area (Å²) in [6.07, 6.45) is 2.33. The van der Waals surface area contributed by atoms with Crippen molar-refractivity contribution in [2.45, 2.75) is 36.9 Å². The van der Waals surface area contributed by atoms with Gasteiger partial charge < -0.3 is 14.8 Å². The molecule has 10 nitrogen and oxygen atoms in total. The van der Waals surface area contributed by atoms with Gasteiger partial charge in [0.05, 0.1) is 26.3 Å². The zero-order chi connectivity index (χ0) is 26.5. The second-order valence-corrected chi connectivity index (χ2v) is 9.64. The topological polar surface area (TPSA) is 116 Å². The molecular weight excluding hydrogens is 494 g/mol. The molecule has 1 aliphatic rings. The van der Waals surface area contributed by atoms with Crippen LogP contribution in [-0.2, 0) is 20.8 Å². The van der Waals surface area contributed by atoms with Crippen molar-refractivity contribution < 1.29 is 23.9 Å². The lowest BCUT2D eigenvalue weighted by Crippen LogP contribution is -2.39. The molecule has 3 aromatic rings. The highest BCUT2D eigenvalue weighted by atomic mass is 32.2. The van der Waals surface area contributed by atoms with Crippen LogP contribution in [0.1, 0.15) is 44.6 Å². The number of methoxy groups -OCH3 is 2. The van der Waals surface area contributed by atoms with Crippen LogP contribution in [-0.4, -0.2) is 70.8 Å². The van der Waals surface area contributed by atoms with E-state index in [1.165, 1.54) is 18.9 Å². The Kier molecular flexibility index (Phi) is 8.24. The van der Waals surface area contributed by atoms with Crippen molar-refractivity contribution in [1.29, 1.82) is 0 Å². The van der Waals surface area contributed by atoms with E-state index in [4.69, 9.17) is 9.47 Å². The molecule has 0 bridgehead atoms. The maximum atomic E-state index is 13.5. The smallest absolute Gasteiger partial charge is 0.361 e. The van der Waals surface area contributed by atoms with E-state index in [9.17, 15) is 14.4 Å². The molecule has 0 saturated carbocycles. The molecule has 194 valence electrons. The standard InChI is InChI=1S/C26H29N5O5S/c1-16-7-5-8-17(11-16)14-30-15-19(31-23(26(34)36-3)22(28-29-31)25(33)35-2)13-21(30)24(32)27-18-9-6-10-20(12-18)37-4/h5-12,19,21H,13-15H2,1-4H3,(H,27,32)/t19-,21-/m0/s1. The monoisotopic (exact) mass is 523 g/mol. The number of thioether (sulfide) groups is 1. The van der Waals surface area contributed by atoms with Gasteiger partial charge in [-0.1, -0.05) is 41.1 Å². The molecule has 4 rings (SSSR count). The number of ether oxygens (including phenoxy) is 2. The Morgan fingerprint density at radius 1 is 1.08 bits per heavy atom. The minimum absolute atomic E-state index is 0.0939. The molecule has 1 aliphatic heterocycles. The summed E-state index contributed by atoms with van der Waals surface area (Å²) in [5, 5.41) is 11.0. The molecule has 1 amide bonds. The normalized spacial score (nSPS) is 17.4. The number of aryl methyl sites for hydroxylation is 1. The number of aromatic nitrogens is 3. The average molecular weight is 524 g/mol. The van der Waals surface area contributed by atoms with Gasteiger partial charge in [-0.05, 0) is 43.4 Å². The molecular formula is C26H29N5O5S. The van der Waals surface area contributed by atoms with Gasteiger partial charge >= 0.3 is 11.9 Å². The third kappa shape index (κ3) is 5.83. The van der Waals surface area contributed by atoms with Gasteiger partial charge in [0.15, 0.2) is 5.69 Å². The second kappa shape index (κ2) is 11.6. The summed E-state index contributed by atoms with van der Waals surface area (Å²) < 4.78 is 11.0. The Balaban J connectivity index is 1.66. The van der Waals surface area contributed by atoms with Crippen LogP contribution in [0.5, 0.6) is 0 Å². The summed E-state index contributed by atoms with van der Waals surface area (Å²) in [4.78, 5) is 41.4. The van der Waals surface area contributed by atoms with E-state index < -0.39 is 24.0 Å². The molecule has 0 unspecified atom stereocenters. The number of carbonyl (C=O) groups is 3. The first-order valence-electron chi connectivity index (χ1n) is 11.7. The summed E-state index contributed by atoms with van der Waals surface area (Å²) in [6, 6.07) is 14.8. The van der Waals surface area contributed by atoms with Crippen LogP contribution in [0.3, 0.4) is 0 Å². The number of nitrogens with one attached hydrogen (secondary N) is 1. The molecule has 1 fully saturated rings. The lowest BCUT2D eigenvalue weighted by molar-refractivity contribution is -0.120. The number of amides is 1. The van der Waals surface area contributed by atoms with Gasteiger partial charge in [-0.25, -0.2) is 14.3 Å². The van der Waals surface area contributed by atoms with Gasteiger partial charge in [0, 0.05) is 23.7 Å². The zero-order valence-corrected chi connectivity index (χ0v) is 21.9. The van der Waals surface area contributed by atoms with E-state index in [0.717, 1.165) is 16.0 Å². The van der Waals surface area contributed by atoms with Crippen LogP contribution in [0.15, 0.2) is 53.4 Å². The van der Waals surface area contributed by atoms with Crippen LogP contribution in [0, 0.1) is 6.92 Å². The average Bonchev–Trinajstić information content (AvgIpc) is 3.52. The molecule has 2 heterocycles. The largest absolute Gasteiger partial charge is 0.464 e. The quantitative estimate of drug-likeness (QED) is 0.351. The van der Waals surface area contributed by atoms with Crippen LogP contribution < -0.4 is 5.32 Å². The number of likely N-dealkylation sites (tertiary alicyclic amines) is 1. The Morgan fingerprint density at radius 2 is 1.84 bits per heavy atom. The fraction of sp³-hybridized carbons (Fsp3) is 0.346.